The van der Waals surface area contributed by atoms with Crippen LogP contribution < -0.4 is 19.5 Å². The minimum atomic E-state index is -0.778. The van der Waals surface area contributed by atoms with Crippen LogP contribution in [0.15, 0.2) is 28.7 Å². The molecule has 2 heterocycles. The van der Waals surface area contributed by atoms with Gasteiger partial charge in [0.1, 0.15) is 23.5 Å². The fraction of sp³-hybridized carbons (Fsp3) is 0.400. The number of aliphatic hydroxyl groups is 1. The smallest absolute Gasteiger partial charge is 0.137 e. The number of hydrogen-bond donors (Lipinski definition) is 2. The van der Waals surface area contributed by atoms with Crippen molar-refractivity contribution >= 4 is 15.9 Å². The molecule has 5 nitrogen and oxygen atoms in total. The number of para-hydroxylation sites is 1. The molecule has 2 aliphatic heterocycles. The van der Waals surface area contributed by atoms with E-state index in [9.17, 15) is 5.11 Å². The monoisotopic (exact) mass is 419 g/mol. The molecule has 1 unspecified atom stereocenters. The molecular weight excluding hydrogens is 398 g/mol. The van der Waals surface area contributed by atoms with Crippen LogP contribution in [0.2, 0.25) is 0 Å². The summed E-state index contributed by atoms with van der Waals surface area (Å²) in [6, 6.07) is 7.49. The predicted octanol–water partition coefficient (Wildman–Crippen LogP) is 3.15. The average molecular weight is 420 g/mol. The number of hydrogen-bond acceptors (Lipinski definition) is 5. The van der Waals surface area contributed by atoms with Gasteiger partial charge in [-0.3, -0.25) is 5.32 Å². The molecule has 0 bridgehead atoms. The molecule has 4 rings (SSSR count). The van der Waals surface area contributed by atoms with Crippen molar-refractivity contribution in [1.82, 2.24) is 5.32 Å². The van der Waals surface area contributed by atoms with Gasteiger partial charge in [-0.15, -0.1) is 0 Å². The number of fused-ring (bicyclic) bond motifs is 2. The van der Waals surface area contributed by atoms with E-state index in [4.69, 9.17) is 14.2 Å². The van der Waals surface area contributed by atoms with Crippen LogP contribution in [0.25, 0.3) is 0 Å². The number of ether oxygens (including phenoxy) is 3. The van der Waals surface area contributed by atoms with Crippen molar-refractivity contribution in [2.24, 2.45) is 0 Å². The van der Waals surface area contributed by atoms with E-state index in [0.717, 1.165) is 40.8 Å². The van der Waals surface area contributed by atoms with Crippen molar-refractivity contribution in [2.45, 2.75) is 25.5 Å². The SMILES string of the molecule is COc1ccccc1C(O)NCCc1c2c(c(Br)c3c1OCC3)OCC2. The van der Waals surface area contributed by atoms with Gasteiger partial charge in [-0.2, -0.15) is 0 Å². The zero-order valence-electron chi connectivity index (χ0n) is 14.7. The number of halogens is 1. The highest BCUT2D eigenvalue weighted by Gasteiger charge is 2.30. The van der Waals surface area contributed by atoms with E-state index in [1.807, 2.05) is 24.3 Å². The van der Waals surface area contributed by atoms with Crippen molar-refractivity contribution in [3.05, 3.63) is 51.0 Å². The first-order valence-corrected chi connectivity index (χ1v) is 9.66. The van der Waals surface area contributed by atoms with E-state index in [-0.39, 0.29) is 0 Å². The third kappa shape index (κ3) is 3.06. The van der Waals surface area contributed by atoms with Gasteiger partial charge in [-0.25, -0.2) is 0 Å². The van der Waals surface area contributed by atoms with Crippen LogP contribution in [0.4, 0.5) is 0 Å². The standard InChI is InChI=1S/C20H22BrNO4/c1-24-16-5-3-2-4-14(16)20(23)22-9-6-12-13-7-10-26-19(13)17(21)15-8-11-25-18(12)15/h2-5,20,22-23H,6-11H2,1H3. The molecule has 26 heavy (non-hydrogen) atoms. The lowest BCUT2D eigenvalue weighted by Crippen LogP contribution is -2.24. The Bertz CT molecular complexity index is 789. The maximum Gasteiger partial charge on any atom is 0.137 e. The summed E-state index contributed by atoms with van der Waals surface area (Å²) in [5, 5.41) is 13.7. The van der Waals surface area contributed by atoms with Crippen LogP contribution in [0, 0.1) is 0 Å². The van der Waals surface area contributed by atoms with E-state index < -0.39 is 6.23 Å². The molecule has 1 atom stereocenters. The van der Waals surface area contributed by atoms with Gasteiger partial charge < -0.3 is 19.3 Å². The Morgan fingerprint density at radius 1 is 1.15 bits per heavy atom. The largest absolute Gasteiger partial charge is 0.496 e. The quantitative estimate of drug-likeness (QED) is 0.704. The predicted molar refractivity (Wildman–Crippen MR) is 102 cm³/mol. The van der Waals surface area contributed by atoms with E-state index in [0.29, 0.717) is 25.5 Å². The number of rotatable bonds is 6. The van der Waals surface area contributed by atoms with Gasteiger partial charge in [0.2, 0.25) is 0 Å². The second kappa shape index (κ2) is 7.47. The topological polar surface area (TPSA) is 60.0 Å². The lowest BCUT2D eigenvalue weighted by atomic mass is 9.97. The van der Waals surface area contributed by atoms with Crippen molar-refractivity contribution in [3.8, 4) is 17.2 Å². The number of nitrogens with one attached hydrogen (secondary N) is 1. The molecule has 0 fully saturated rings. The molecule has 0 radical (unpaired) electrons. The van der Waals surface area contributed by atoms with Crippen molar-refractivity contribution in [3.63, 3.8) is 0 Å². The maximum absolute atomic E-state index is 10.5. The van der Waals surface area contributed by atoms with Crippen LogP contribution in [0.1, 0.15) is 28.5 Å². The van der Waals surface area contributed by atoms with Crippen LogP contribution in [0.5, 0.6) is 17.2 Å². The normalized spacial score (nSPS) is 15.8. The first-order chi connectivity index (χ1) is 12.7. The zero-order valence-corrected chi connectivity index (χ0v) is 16.3. The Morgan fingerprint density at radius 3 is 2.69 bits per heavy atom. The fourth-order valence-electron chi connectivity index (χ4n) is 3.75. The van der Waals surface area contributed by atoms with Crippen molar-refractivity contribution in [1.29, 1.82) is 0 Å². The summed E-state index contributed by atoms with van der Waals surface area (Å²) >= 11 is 3.68. The van der Waals surface area contributed by atoms with Gasteiger partial charge in [0.05, 0.1) is 24.8 Å². The molecule has 6 heteroatoms. The van der Waals surface area contributed by atoms with E-state index >= 15 is 0 Å². The summed E-state index contributed by atoms with van der Waals surface area (Å²) in [4.78, 5) is 0. The number of aliphatic hydroxyl groups excluding tert-OH is 1. The Labute approximate surface area is 161 Å². The molecule has 2 aliphatic rings. The second-order valence-electron chi connectivity index (χ2n) is 6.45. The average Bonchev–Trinajstić information content (AvgIpc) is 3.34. The summed E-state index contributed by atoms with van der Waals surface area (Å²) in [5.74, 6) is 2.64. The van der Waals surface area contributed by atoms with Gasteiger partial charge >= 0.3 is 0 Å². The minimum Gasteiger partial charge on any atom is -0.496 e. The minimum absolute atomic E-state index is 0.628. The third-order valence-electron chi connectivity index (χ3n) is 4.99. The highest BCUT2D eigenvalue weighted by molar-refractivity contribution is 9.10. The fourth-order valence-corrected chi connectivity index (χ4v) is 4.48. The van der Waals surface area contributed by atoms with Crippen molar-refractivity contribution in [2.75, 3.05) is 26.9 Å². The van der Waals surface area contributed by atoms with Gasteiger partial charge in [0, 0.05) is 41.6 Å². The molecule has 2 N–H and O–H groups in total. The Kier molecular flexibility index (Phi) is 5.07. The Balaban J connectivity index is 1.51. The molecule has 0 spiro atoms. The summed E-state index contributed by atoms with van der Waals surface area (Å²) in [6.45, 7) is 2.05. The molecule has 2 aromatic carbocycles. The summed E-state index contributed by atoms with van der Waals surface area (Å²) < 4.78 is 18.1. The van der Waals surface area contributed by atoms with Gasteiger partial charge in [-0.1, -0.05) is 18.2 Å². The molecule has 0 aromatic heterocycles. The summed E-state index contributed by atoms with van der Waals surface area (Å²) in [6.07, 6.45) is 1.79. The van der Waals surface area contributed by atoms with Crippen LogP contribution in [-0.2, 0) is 19.3 Å². The number of methoxy groups -OCH3 is 1. The number of benzene rings is 2. The first kappa shape index (κ1) is 17.6. The van der Waals surface area contributed by atoms with Gasteiger partial charge in [0.25, 0.3) is 0 Å². The lowest BCUT2D eigenvalue weighted by molar-refractivity contribution is 0.136. The van der Waals surface area contributed by atoms with E-state index in [1.165, 1.54) is 16.7 Å². The van der Waals surface area contributed by atoms with Gasteiger partial charge in [0.15, 0.2) is 0 Å². The summed E-state index contributed by atoms with van der Waals surface area (Å²) in [5.41, 5.74) is 4.37. The first-order valence-electron chi connectivity index (χ1n) is 8.86. The molecule has 0 amide bonds. The molecule has 138 valence electrons. The van der Waals surface area contributed by atoms with Crippen LogP contribution in [0.3, 0.4) is 0 Å². The zero-order chi connectivity index (χ0) is 18.1. The highest BCUT2D eigenvalue weighted by Crippen LogP contribution is 2.47. The maximum atomic E-state index is 10.5. The molecule has 0 aliphatic carbocycles. The molecule has 2 aromatic rings. The Morgan fingerprint density at radius 2 is 1.88 bits per heavy atom. The highest BCUT2D eigenvalue weighted by atomic mass is 79.9. The molecule has 0 saturated heterocycles. The van der Waals surface area contributed by atoms with Crippen LogP contribution in [-0.4, -0.2) is 32.0 Å². The van der Waals surface area contributed by atoms with E-state index in [2.05, 4.69) is 21.2 Å². The third-order valence-corrected chi connectivity index (χ3v) is 5.83. The second-order valence-corrected chi connectivity index (χ2v) is 7.25. The molecule has 0 saturated carbocycles. The molecular formula is C20H22BrNO4. The lowest BCUT2D eigenvalue weighted by Gasteiger charge is -2.18. The Hall–Kier alpha value is -1.76. The van der Waals surface area contributed by atoms with Crippen LogP contribution >= 0.6 is 15.9 Å². The van der Waals surface area contributed by atoms with Crippen molar-refractivity contribution < 1.29 is 19.3 Å². The van der Waals surface area contributed by atoms with E-state index in [1.54, 1.807) is 7.11 Å². The van der Waals surface area contributed by atoms with Gasteiger partial charge in [-0.05, 0) is 28.4 Å². The summed E-state index contributed by atoms with van der Waals surface area (Å²) in [7, 11) is 1.61.